The number of hydrogen-bond acceptors (Lipinski definition) is 3. The lowest BCUT2D eigenvalue weighted by molar-refractivity contribution is -0.198. The minimum absolute atomic E-state index is 0.0118. The third-order valence-electron chi connectivity index (χ3n) is 5.31. The van der Waals surface area contributed by atoms with Crippen molar-refractivity contribution in [2.24, 2.45) is 5.92 Å². The van der Waals surface area contributed by atoms with Gasteiger partial charge in [-0.2, -0.15) is 18.3 Å². The van der Waals surface area contributed by atoms with Crippen molar-refractivity contribution in [3.05, 3.63) is 47.5 Å². The third kappa shape index (κ3) is 3.57. The Balaban J connectivity index is 1.50. The van der Waals surface area contributed by atoms with Crippen molar-refractivity contribution < 1.29 is 27.1 Å². The van der Waals surface area contributed by atoms with Crippen LogP contribution in [0, 0.1) is 11.7 Å². The maximum absolute atomic E-state index is 13.6. The molecule has 1 aromatic heterocycles. The Bertz CT molecular complexity index is 876. The van der Waals surface area contributed by atoms with Gasteiger partial charge in [0.05, 0.1) is 6.54 Å². The summed E-state index contributed by atoms with van der Waals surface area (Å²) in [7, 11) is 0. The number of rotatable bonds is 5. The molecule has 4 rings (SSSR count). The molecule has 0 bridgehead atoms. The molecular weight excluding hydrogens is 378 g/mol. The van der Waals surface area contributed by atoms with Crippen LogP contribution in [0.1, 0.15) is 35.4 Å². The molecule has 150 valence electrons. The minimum atomic E-state index is -4.45. The zero-order valence-electron chi connectivity index (χ0n) is 15.0. The van der Waals surface area contributed by atoms with Gasteiger partial charge in [0, 0.05) is 12.6 Å². The molecule has 1 aliphatic carbocycles. The van der Waals surface area contributed by atoms with Crippen molar-refractivity contribution in [1.29, 1.82) is 0 Å². The third-order valence-corrected chi connectivity index (χ3v) is 5.31. The van der Waals surface area contributed by atoms with Crippen LogP contribution < -0.4 is 4.74 Å². The number of ether oxygens (including phenoxy) is 1. The smallest absolute Gasteiger partial charge is 0.409 e. The molecule has 28 heavy (non-hydrogen) atoms. The fourth-order valence-electron chi connectivity index (χ4n) is 3.77. The van der Waals surface area contributed by atoms with Crippen LogP contribution in [0.2, 0.25) is 0 Å². The number of nitrogens with zero attached hydrogens (tertiary/aromatic N) is 3. The molecule has 2 heterocycles. The van der Waals surface area contributed by atoms with Crippen molar-refractivity contribution in [2.45, 2.75) is 44.6 Å². The monoisotopic (exact) mass is 397 g/mol. The van der Waals surface area contributed by atoms with E-state index in [1.54, 1.807) is 6.07 Å². The Morgan fingerprint density at radius 3 is 2.64 bits per heavy atom. The molecule has 0 saturated heterocycles. The highest BCUT2D eigenvalue weighted by molar-refractivity contribution is 5.93. The number of hydrogen-bond donors (Lipinski definition) is 0. The summed E-state index contributed by atoms with van der Waals surface area (Å²) in [6.07, 6.45) is -2.72. The van der Waals surface area contributed by atoms with E-state index in [1.807, 2.05) is 0 Å². The van der Waals surface area contributed by atoms with Gasteiger partial charge in [0.15, 0.2) is 0 Å². The van der Waals surface area contributed by atoms with E-state index in [2.05, 4.69) is 5.10 Å². The molecule has 9 heteroatoms. The van der Waals surface area contributed by atoms with Crippen molar-refractivity contribution in [2.75, 3.05) is 6.54 Å². The number of benzene rings is 1. The second-order valence-corrected chi connectivity index (χ2v) is 7.17. The van der Waals surface area contributed by atoms with Crippen LogP contribution >= 0.6 is 0 Å². The van der Waals surface area contributed by atoms with Crippen LogP contribution in [-0.4, -0.2) is 39.4 Å². The van der Waals surface area contributed by atoms with Gasteiger partial charge in [-0.15, -0.1) is 0 Å². The number of halogens is 4. The SMILES string of the molecule is O=C1c2cc(COc3cccc(F)c3)nn2CCN1[C@H](C1CCC1)C(F)(F)F. The van der Waals surface area contributed by atoms with Crippen LogP contribution in [-0.2, 0) is 13.2 Å². The second kappa shape index (κ2) is 7.10. The zero-order chi connectivity index (χ0) is 19.9. The minimum Gasteiger partial charge on any atom is -0.487 e. The van der Waals surface area contributed by atoms with Gasteiger partial charge < -0.3 is 9.64 Å². The predicted octanol–water partition coefficient (Wildman–Crippen LogP) is 3.79. The van der Waals surface area contributed by atoms with Crippen LogP contribution in [0.25, 0.3) is 0 Å². The van der Waals surface area contributed by atoms with E-state index in [0.717, 1.165) is 11.3 Å². The molecule has 1 fully saturated rings. The van der Waals surface area contributed by atoms with Crippen LogP contribution in [0.5, 0.6) is 5.75 Å². The van der Waals surface area contributed by atoms with E-state index in [4.69, 9.17) is 4.74 Å². The van der Waals surface area contributed by atoms with E-state index in [9.17, 15) is 22.4 Å². The summed E-state index contributed by atoms with van der Waals surface area (Å²) < 4.78 is 60.9. The molecule has 2 aromatic rings. The lowest BCUT2D eigenvalue weighted by Gasteiger charge is -2.43. The van der Waals surface area contributed by atoms with E-state index >= 15 is 0 Å². The fraction of sp³-hybridized carbons (Fsp3) is 0.474. The van der Waals surface area contributed by atoms with Gasteiger partial charge in [-0.05, 0) is 37.0 Å². The molecule has 1 amide bonds. The van der Waals surface area contributed by atoms with Gasteiger partial charge in [-0.3, -0.25) is 9.48 Å². The lowest BCUT2D eigenvalue weighted by atomic mass is 9.78. The standard InChI is InChI=1S/C19H19F4N3O2/c20-13-5-2-6-15(9-13)28-11-14-10-16-18(27)25(7-8-26(16)24-14)17(19(21,22)23)12-3-1-4-12/h2,5-6,9-10,12,17H,1,3-4,7-8,11H2/t17-/m1/s1. The van der Waals surface area contributed by atoms with Gasteiger partial charge in [0.2, 0.25) is 0 Å². The molecule has 1 atom stereocenters. The Kier molecular flexibility index (Phi) is 4.76. The Morgan fingerprint density at radius 1 is 1.21 bits per heavy atom. The highest BCUT2D eigenvalue weighted by atomic mass is 19.4. The van der Waals surface area contributed by atoms with Crippen LogP contribution in [0.4, 0.5) is 17.6 Å². The van der Waals surface area contributed by atoms with Gasteiger partial charge >= 0.3 is 6.18 Å². The van der Waals surface area contributed by atoms with E-state index < -0.39 is 29.9 Å². The summed E-state index contributed by atoms with van der Waals surface area (Å²) in [5.74, 6) is -1.33. The van der Waals surface area contributed by atoms with Gasteiger partial charge in [-0.25, -0.2) is 4.39 Å². The number of carbonyl (C=O) groups is 1. The summed E-state index contributed by atoms with van der Waals surface area (Å²) in [5.41, 5.74) is 0.527. The average Bonchev–Trinajstić information content (AvgIpc) is 3.00. The highest BCUT2D eigenvalue weighted by Gasteiger charge is 2.52. The Labute approximate surface area is 158 Å². The number of fused-ring (bicyclic) bond motifs is 1. The summed E-state index contributed by atoms with van der Waals surface area (Å²) in [4.78, 5) is 13.7. The molecule has 0 spiro atoms. The first kappa shape index (κ1) is 18.8. The number of alkyl halides is 3. The summed E-state index contributed by atoms with van der Waals surface area (Å²) in [5, 5.41) is 4.24. The number of aromatic nitrogens is 2. The summed E-state index contributed by atoms with van der Waals surface area (Å²) in [6, 6.07) is 5.29. The van der Waals surface area contributed by atoms with Gasteiger partial charge in [0.1, 0.15) is 35.6 Å². The van der Waals surface area contributed by atoms with E-state index in [1.165, 1.54) is 28.9 Å². The first-order chi connectivity index (χ1) is 13.3. The summed E-state index contributed by atoms with van der Waals surface area (Å²) in [6.45, 7) is 0.154. The normalized spacial score (nSPS) is 18.6. The number of carbonyl (C=O) groups excluding carboxylic acids is 1. The molecule has 0 unspecified atom stereocenters. The fourth-order valence-corrected chi connectivity index (χ4v) is 3.77. The predicted molar refractivity (Wildman–Crippen MR) is 91.2 cm³/mol. The van der Waals surface area contributed by atoms with Crippen molar-refractivity contribution in [1.82, 2.24) is 14.7 Å². The molecule has 2 aliphatic rings. The topological polar surface area (TPSA) is 47.4 Å². The molecule has 0 N–H and O–H groups in total. The zero-order valence-corrected chi connectivity index (χ0v) is 15.0. The van der Waals surface area contributed by atoms with E-state index in [0.29, 0.717) is 24.3 Å². The van der Waals surface area contributed by atoms with Gasteiger partial charge in [-0.1, -0.05) is 12.5 Å². The van der Waals surface area contributed by atoms with Crippen molar-refractivity contribution in [3.63, 3.8) is 0 Å². The summed E-state index contributed by atoms with van der Waals surface area (Å²) >= 11 is 0. The van der Waals surface area contributed by atoms with Gasteiger partial charge in [0.25, 0.3) is 5.91 Å². The van der Waals surface area contributed by atoms with Crippen molar-refractivity contribution in [3.8, 4) is 5.75 Å². The van der Waals surface area contributed by atoms with Crippen molar-refractivity contribution >= 4 is 5.91 Å². The number of amides is 1. The quantitative estimate of drug-likeness (QED) is 0.722. The first-order valence-electron chi connectivity index (χ1n) is 9.16. The highest BCUT2D eigenvalue weighted by Crippen LogP contribution is 2.41. The molecular formula is C19H19F4N3O2. The molecule has 0 radical (unpaired) electrons. The Hall–Kier alpha value is -2.58. The van der Waals surface area contributed by atoms with Crippen LogP contribution in [0.3, 0.4) is 0 Å². The second-order valence-electron chi connectivity index (χ2n) is 7.17. The lowest BCUT2D eigenvalue weighted by Crippen LogP contribution is -2.57. The largest absolute Gasteiger partial charge is 0.487 e. The van der Waals surface area contributed by atoms with E-state index in [-0.39, 0.29) is 25.4 Å². The Morgan fingerprint density at radius 2 is 2.00 bits per heavy atom. The molecule has 1 saturated carbocycles. The molecule has 1 aromatic carbocycles. The average molecular weight is 397 g/mol. The van der Waals surface area contributed by atoms with Crippen LogP contribution in [0.15, 0.2) is 30.3 Å². The first-order valence-corrected chi connectivity index (χ1v) is 9.16. The maximum atomic E-state index is 13.6. The molecule has 5 nitrogen and oxygen atoms in total. The molecule has 1 aliphatic heterocycles. The maximum Gasteiger partial charge on any atom is 0.409 e.